The van der Waals surface area contributed by atoms with Crippen molar-refractivity contribution in [1.29, 1.82) is 0 Å². The van der Waals surface area contributed by atoms with Gasteiger partial charge >= 0.3 is 5.97 Å². The van der Waals surface area contributed by atoms with Crippen LogP contribution in [0.15, 0.2) is 27.4 Å². The summed E-state index contributed by atoms with van der Waals surface area (Å²) >= 11 is 3.04. The summed E-state index contributed by atoms with van der Waals surface area (Å²) in [4.78, 5) is 14.8. The van der Waals surface area contributed by atoms with Crippen LogP contribution in [0, 0.1) is 0 Å². The number of para-hydroxylation sites is 1. The van der Waals surface area contributed by atoms with Gasteiger partial charge in [-0.3, -0.25) is 0 Å². The van der Waals surface area contributed by atoms with Crippen molar-refractivity contribution in [2.75, 3.05) is 0 Å². The van der Waals surface area contributed by atoms with E-state index in [1.54, 1.807) is 12.1 Å². The van der Waals surface area contributed by atoms with Gasteiger partial charge in [-0.15, -0.1) is 0 Å². The van der Waals surface area contributed by atoms with Crippen molar-refractivity contribution < 1.29 is 19.4 Å². The summed E-state index contributed by atoms with van der Waals surface area (Å²) in [5.74, 6) is -1.32. The molecule has 1 aromatic heterocycles. The normalized spacial score (nSPS) is 12.9. The molecule has 15 heavy (non-hydrogen) atoms. The molecule has 1 aromatic carbocycles. The molecule has 0 saturated carbocycles. The fourth-order valence-electron chi connectivity index (χ4n) is 1.29. The Balaban J connectivity index is 2.64. The number of hydrogen-bond donors (Lipinski definition) is 2. The Morgan fingerprint density at radius 1 is 1.53 bits per heavy atom. The van der Waals surface area contributed by atoms with Gasteiger partial charge < -0.3 is 14.6 Å². The standard InChI is InChI=1S/C9H6BrNO4/c10-9-11-5-3-1-2-4(7(5)15-9)6(12)8(13)14/h1-3,6,12H,(H,13,14). The topological polar surface area (TPSA) is 83.6 Å². The number of carbonyl (C=O) groups is 1. The lowest BCUT2D eigenvalue weighted by Gasteiger charge is -2.04. The highest BCUT2D eigenvalue weighted by atomic mass is 79.9. The Bertz CT molecular complexity index is 522. The highest BCUT2D eigenvalue weighted by Crippen LogP contribution is 2.27. The molecule has 0 aliphatic heterocycles. The number of aliphatic carboxylic acids is 1. The van der Waals surface area contributed by atoms with Crippen LogP contribution in [-0.2, 0) is 4.79 Å². The number of rotatable bonds is 2. The fourth-order valence-corrected chi connectivity index (χ4v) is 1.64. The lowest BCUT2D eigenvalue weighted by Crippen LogP contribution is -2.10. The van der Waals surface area contributed by atoms with E-state index >= 15 is 0 Å². The Labute approximate surface area is 92.5 Å². The number of oxazole rings is 1. The minimum atomic E-state index is -1.60. The number of aliphatic hydroxyl groups excluding tert-OH is 1. The summed E-state index contributed by atoms with van der Waals surface area (Å²) in [7, 11) is 0. The second-order valence-electron chi connectivity index (χ2n) is 2.90. The van der Waals surface area contributed by atoms with Crippen molar-refractivity contribution >= 4 is 33.0 Å². The van der Waals surface area contributed by atoms with Crippen molar-refractivity contribution in [2.24, 2.45) is 0 Å². The summed E-state index contributed by atoms with van der Waals surface area (Å²) in [6, 6.07) is 4.76. The maximum Gasteiger partial charge on any atom is 0.337 e. The van der Waals surface area contributed by atoms with Crippen molar-refractivity contribution in [2.45, 2.75) is 6.10 Å². The monoisotopic (exact) mass is 271 g/mol. The number of fused-ring (bicyclic) bond motifs is 1. The van der Waals surface area contributed by atoms with E-state index in [4.69, 9.17) is 9.52 Å². The van der Waals surface area contributed by atoms with Crippen LogP contribution in [0.4, 0.5) is 0 Å². The molecule has 0 saturated heterocycles. The van der Waals surface area contributed by atoms with E-state index in [0.29, 0.717) is 5.52 Å². The van der Waals surface area contributed by atoms with Crippen molar-refractivity contribution in [3.8, 4) is 0 Å². The number of hydrogen-bond acceptors (Lipinski definition) is 4. The average molecular weight is 272 g/mol. The first-order valence-electron chi connectivity index (χ1n) is 4.05. The Morgan fingerprint density at radius 2 is 2.27 bits per heavy atom. The zero-order chi connectivity index (χ0) is 11.0. The first-order valence-corrected chi connectivity index (χ1v) is 4.84. The molecule has 1 heterocycles. The van der Waals surface area contributed by atoms with Crippen molar-refractivity contribution in [1.82, 2.24) is 4.98 Å². The first-order chi connectivity index (χ1) is 7.09. The SMILES string of the molecule is O=C(O)C(O)c1cccc2nc(Br)oc12. The van der Waals surface area contributed by atoms with Gasteiger partial charge in [0.1, 0.15) is 5.52 Å². The van der Waals surface area contributed by atoms with Crippen LogP contribution in [0.1, 0.15) is 11.7 Å². The molecule has 5 nitrogen and oxygen atoms in total. The predicted molar refractivity (Wildman–Crippen MR) is 54.3 cm³/mol. The molecule has 0 radical (unpaired) electrons. The van der Waals surface area contributed by atoms with Crippen LogP contribution in [0.3, 0.4) is 0 Å². The third kappa shape index (κ3) is 1.73. The van der Waals surface area contributed by atoms with E-state index in [9.17, 15) is 9.90 Å². The maximum atomic E-state index is 10.6. The van der Waals surface area contributed by atoms with E-state index in [2.05, 4.69) is 20.9 Å². The number of benzene rings is 1. The van der Waals surface area contributed by atoms with E-state index in [-0.39, 0.29) is 15.9 Å². The van der Waals surface area contributed by atoms with Gasteiger partial charge in [0.2, 0.25) is 0 Å². The predicted octanol–water partition coefficient (Wildman–Crippen LogP) is 1.71. The minimum absolute atomic E-state index is 0.193. The second kappa shape index (κ2) is 3.63. The van der Waals surface area contributed by atoms with Gasteiger partial charge in [-0.05, 0) is 6.07 Å². The largest absolute Gasteiger partial charge is 0.479 e. The van der Waals surface area contributed by atoms with E-state index in [0.717, 1.165) is 0 Å². The molecule has 0 aliphatic rings. The quantitative estimate of drug-likeness (QED) is 0.869. The molecule has 2 aromatic rings. The molecular weight excluding hydrogens is 266 g/mol. The lowest BCUT2D eigenvalue weighted by molar-refractivity contribution is -0.146. The molecule has 0 spiro atoms. The van der Waals surface area contributed by atoms with Gasteiger partial charge in [0.15, 0.2) is 11.7 Å². The molecule has 2 N–H and O–H groups in total. The Hall–Kier alpha value is -1.40. The molecule has 78 valence electrons. The van der Waals surface area contributed by atoms with Crippen LogP contribution in [0.5, 0.6) is 0 Å². The van der Waals surface area contributed by atoms with Gasteiger partial charge in [-0.25, -0.2) is 9.78 Å². The molecule has 6 heteroatoms. The van der Waals surface area contributed by atoms with Gasteiger partial charge in [0.05, 0.1) is 0 Å². The number of carboxylic acid groups (broad SMARTS) is 1. The number of aliphatic hydroxyl groups is 1. The number of aromatic nitrogens is 1. The van der Waals surface area contributed by atoms with Crippen LogP contribution in [0.25, 0.3) is 11.1 Å². The zero-order valence-electron chi connectivity index (χ0n) is 7.35. The van der Waals surface area contributed by atoms with Crippen LogP contribution < -0.4 is 0 Å². The highest BCUT2D eigenvalue weighted by molar-refractivity contribution is 9.10. The van der Waals surface area contributed by atoms with Gasteiger partial charge in [0.25, 0.3) is 4.80 Å². The number of nitrogens with zero attached hydrogens (tertiary/aromatic N) is 1. The highest BCUT2D eigenvalue weighted by Gasteiger charge is 2.21. The van der Waals surface area contributed by atoms with Gasteiger partial charge in [-0.2, -0.15) is 0 Å². The molecule has 0 aliphatic carbocycles. The zero-order valence-corrected chi connectivity index (χ0v) is 8.93. The summed E-state index contributed by atoms with van der Waals surface area (Å²) in [5, 5.41) is 18.1. The summed E-state index contributed by atoms with van der Waals surface area (Å²) in [6.45, 7) is 0. The van der Waals surface area contributed by atoms with Crippen molar-refractivity contribution in [3.05, 3.63) is 28.6 Å². The van der Waals surface area contributed by atoms with Gasteiger partial charge in [0, 0.05) is 21.5 Å². The summed E-state index contributed by atoms with van der Waals surface area (Å²) in [5.41, 5.74) is 0.970. The van der Waals surface area contributed by atoms with Crippen LogP contribution >= 0.6 is 15.9 Å². The molecule has 0 bridgehead atoms. The number of halogens is 1. The van der Waals surface area contributed by atoms with Gasteiger partial charge in [-0.1, -0.05) is 12.1 Å². The molecule has 1 atom stereocenters. The third-order valence-electron chi connectivity index (χ3n) is 1.95. The first kappa shape index (κ1) is 10.1. The maximum absolute atomic E-state index is 10.6. The Kier molecular flexibility index (Phi) is 2.45. The molecule has 1 unspecified atom stereocenters. The molecule has 0 amide bonds. The summed E-state index contributed by atoms with van der Waals surface area (Å²) in [6.07, 6.45) is -1.60. The second-order valence-corrected chi connectivity index (χ2v) is 3.58. The van der Waals surface area contributed by atoms with Crippen LogP contribution in [0.2, 0.25) is 0 Å². The minimum Gasteiger partial charge on any atom is -0.479 e. The third-order valence-corrected chi connectivity index (χ3v) is 2.29. The average Bonchev–Trinajstić information content (AvgIpc) is 2.56. The van der Waals surface area contributed by atoms with Crippen LogP contribution in [-0.4, -0.2) is 21.2 Å². The smallest absolute Gasteiger partial charge is 0.337 e. The van der Waals surface area contributed by atoms with E-state index in [1.165, 1.54) is 6.07 Å². The molecule has 2 rings (SSSR count). The lowest BCUT2D eigenvalue weighted by atomic mass is 10.1. The summed E-state index contributed by atoms with van der Waals surface area (Å²) < 4.78 is 5.15. The molecule has 0 fully saturated rings. The number of carboxylic acids is 1. The van der Waals surface area contributed by atoms with E-state index in [1.807, 2.05) is 0 Å². The fraction of sp³-hybridized carbons (Fsp3) is 0.111. The van der Waals surface area contributed by atoms with Crippen molar-refractivity contribution in [3.63, 3.8) is 0 Å². The molecular formula is C9H6BrNO4. The van der Waals surface area contributed by atoms with E-state index < -0.39 is 12.1 Å². The Morgan fingerprint density at radius 3 is 2.93 bits per heavy atom.